The van der Waals surface area contributed by atoms with Crippen molar-refractivity contribution < 1.29 is 4.74 Å². The standard InChI is InChI=1S/C18H28N6OS/c1-13-3-2-6-24(12-13)16-11-15(23-7-9-25-10-8-23)20-17(21-16)22-18(26)19-14-4-5-14/h11,13-14H,2-10,12H2,1H3,(H2,19,20,21,22,26)/t13-/m1/s1. The molecule has 0 bridgehead atoms. The number of morpholine rings is 1. The van der Waals surface area contributed by atoms with Crippen LogP contribution >= 0.6 is 12.2 Å². The Morgan fingerprint density at radius 3 is 2.54 bits per heavy atom. The molecule has 26 heavy (non-hydrogen) atoms. The molecule has 2 saturated heterocycles. The van der Waals surface area contributed by atoms with Gasteiger partial charge in [0.25, 0.3) is 0 Å². The van der Waals surface area contributed by atoms with E-state index in [0.717, 1.165) is 51.0 Å². The van der Waals surface area contributed by atoms with Crippen LogP contribution in [-0.4, -0.2) is 60.5 Å². The van der Waals surface area contributed by atoms with Gasteiger partial charge in [-0.3, -0.25) is 0 Å². The molecule has 0 unspecified atom stereocenters. The Bertz CT molecular complexity index is 647. The zero-order valence-corrected chi connectivity index (χ0v) is 16.2. The predicted molar refractivity (Wildman–Crippen MR) is 108 cm³/mol. The Hall–Kier alpha value is -1.67. The van der Waals surface area contributed by atoms with Crippen molar-refractivity contribution in [2.75, 3.05) is 54.5 Å². The lowest BCUT2D eigenvalue weighted by Gasteiger charge is -2.33. The summed E-state index contributed by atoms with van der Waals surface area (Å²) in [4.78, 5) is 14.2. The monoisotopic (exact) mass is 376 g/mol. The average molecular weight is 377 g/mol. The molecule has 7 nitrogen and oxygen atoms in total. The molecule has 142 valence electrons. The maximum Gasteiger partial charge on any atom is 0.232 e. The van der Waals surface area contributed by atoms with Crippen LogP contribution in [0, 0.1) is 5.92 Å². The van der Waals surface area contributed by atoms with Gasteiger partial charge >= 0.3 is 0 Å². The van der Waals surface area contributed by atoms with Gasteiger partial charge in [0.1, 0.15) is 11.6 Å². The van der Waals surface area contributed by atoms with Crippen LogP contribution in [0.3, 0.4) is 0 Å². The minimum atomic E-state index is 0.514. The second-order valence-electron chi connectivity index (χ2n) is 7.57. The van der Waals surface area contributed by atoms with Gasteiger partial charge in [-0.2, -0.15) is 9.97 Å². The predicted octanol–water partition coefficient (Wildman–Crippen LogP) is 2.00. The van der Waals surface area contributed by atoms with Crippen LogP contribution in [0.2, 0.25) is 0 Å². The van der Waals surface area contributed by atoms with Gasteiger partial charge in [0.2, 0.25) is 5.95 Å². The second kappa shape index (κ2) is 7.92. The van der Waals surface area contributed by atoms with Gasteiger partial charge in [-0.25, -0.2) is 0 Å². The van der Waals surface area contributed by atoms with Crippen molar-refractivity contribution in [3.63, 3.8) is 0 Å². The van der Waals surface area contributed by atoms with Gasteiger partial charge in [-0.15, -0.1) is 0 Å². The number of thiocarbonyl (C=S) groups is 1. The van der Waals surface area contributed by atoms with Gasteiger partial charge < -0.3 is 25.2 Å². The summed E-state index contributed by atoms with van der Waals surface area (Å²) in [5, 5.41) is 7.11. The summed E-state index contributed by atoms with van der Waals surface area (Å²) >= 11 is 5.42. The van der Waals surface area contributed by atoms with Crippen LogP contribution in [0.1, 0.15) is 32.6 Å². The first-order chi connectivity index (χ1) is 12.7. The Balaban J connectivity index is 1.56. The first kappa shape index (κ1) is 17.7. The van der Waals surface area contributed by atoms with E-state index in [1.165, 1.54) is 25.7 Å². The maximum atomic E-state index is 5.49. The third kappa shape index (κ3) is 4.54. The third-order valence-corrected chi connectivity index (χ3v) is 5.37. The molecule has 0 amide bonds. The lowest BCUT2D eigenvalue weighted by atomic mass is 10.0. The smallest absolute Gasteiger partial charge is 0.232 e. The summed E-state index contributed by atoms with van der Waals surface area (Å²) in [6, 6.07) is 2.63. The molecule has 1 aromatic rings. The zero-order valence-electron chi connectivity index (χ0n) is 15.4. The Morgan fingerprint density at radius 2 is 1.85 bits per heavy atom. The van der Waals surface area contributed by atoms with E-state index < -0.39 is 0 Å². The van der Waals surface area contributed by atoms with E-state index in [-0.39, 0.29) is 0 Å². The second-order valence-corrected chi connectivity index (χ2v) is 7.98. The summed E-state index contributed by atoms with van der Waals surface area (Å²) < 4.78 is 5.49. The zero-order chi connectivity index (χ0) is 17.9. The molecule has 3 heterocycles. The minimum absolute atomic E-state index is 0.514. The number of hydrogen-bond acceptors (Lipinski definition) is 6. The Labute approximate surface area is 160 Å². The van der Waals surface area contributed by atoms with Crippen LogP contribution in [0.15, 0.2) is 6.07 Å². The molecular weight excluding hydrogens is 348 g/mol. The van der Waals surface area contributed by atoms with Gasteiger partial charge in [0.15, 0.2) is 5.11 Å². The molecule has 0 radical (unpaired) electrons. The summed E-state index contributed by atoms with van der Waals surface area (Å²) in [6.07, 6.45) is 4.88. The van der Waals surface area contributed by atoms with Gasteiger partial charge in [-0.05, 0) is 43.8 Å². The highest BCUT2D eigenvalue weighted by Gasteiger charge is 2.24. The summed E-state index contributed by atoms with van der Waals surface area (Å²) in [5.74, 6) is 3.22. The lowest BCUT2D eigenvalue weighted by molar-refractivity contribution is 0.122. The van der Waals surface area contributed by atoms with Crippen LogP contribution in [0.25, 0.3) is 0 Å². The van der Waals surface area contributed by atoms with E-state index in [9.17, 15) is 0 Å². The number of anilines is 3. The summed E-state index contributed by atoms with van der Waals surface area (Å²) in [5.41, 5.74) is 0. The highest BCUT2D eigenvalue weighted by Crippen LogP contribution is 2.26. The lowest BCUT2D eigenvalue weighted by Crippen LogP contribution is -2.38. The number of rotatable bonds is 4. The van der Waals surface area contributed by atoms with Crippen molar-refractivity contribution >= 4 is 34.9 Å². The van der Waals surface area contributed by atoms with Crippen molar-refractivity contribution in [1.29, 1.82) is 0 Å². The van der Waals surface area contributed by atoms with Crippen LogP contribution in [0.5, 0.6) is 0 Å². The van der Waals surface area contributed by atoms with Gasteiger partial charge in [0, 0.05) is 38.3 Å². The SMILES string of the molecule is C[C@@H]1CCCN(c2cc(N3CCOCC3)nc(NC(=S)NC3CC3)n2)C1. The fraction of sp³-hybridized carbons (Fsp3) is 0.722. The molecule has 3 fully saturated rings. The molecular formula is C18H28N6OS. The quantitative estimate of drug-likeness (QED) is 0.774. The first-order valence-corrected chi connectivity index (χ1v) is 10.1. The molecule has 1 aromatic heterocycles. The number of hydrogen-bond donors (Lipinski definition) is 2. The maximum absolute atomic E-state index is 5.49. The molecule has 3 aliphatic rings. The first-order valence-electron chi connectivity index (χ1n) is 9.71. The fourth-order valence-electron chi connectivity index (χ4n) is 3.54. The van der Waals surface area contributed by atoms with Crippen LogP contribution < -0.4 is 20.4 Å². The van der Waals surface area contributed by atoms with Crippen LogP contribution in [-0.2, 0) is 4.74 Å². The number of nitrogens with zero attached hydrogens (tertiary/aromatic N) is 4. The van der Waals surface area contributed by atoms with Crippen LogP contribution in [0.4, 0.5) is 17.6 Å². The highest BCUT2D eigenvalue weighted by atomic mass is 32.1. The normalized spacial score (nSPS) is 23.7. The minimum Gasteiger partial charge on any atom is -0.378 e. The van der Waals surface area contributed by atoms with Crippen molar-refractivity contribution in [1.82, 2.24) is 15.3 Å². The van der Waals surface area contributed by atoms with Crippen molar-refractivity contribution in [2.45, 2.75) is 38.6 Å². The molecule has 4 rings (SSSR count). The topological polar surface area (TPSA) is 65.6 Å². The fourth-order valence-corrected chi connectivity index (χ4v) is 3.80. The number of aromatic nitrogens is 2. The molecule has 8 heteroatoms. The van der Waals surface area contributed by atoms with E-state index >= 15 is 0 Å². The van der Waals surface area contributed by atoms with E-state index in [1.807, 2.05) is 0 Å². The third-order valence-electron chi connectivity index (χ3n) is 5.15. The highest BCUT2D eigenvalue weighted by molar-refractivity contribution is 7.80. The van der Waals surface area contributed by atoms with Crippen molar-refractivity contribution in [3.05, 3.63) is 6.07 Å². The van der Waals surface area contributed by atoms with Crippen molar-refractivity contribution in [2.24, 2.45) is 5.92 Å². The molecule has 0 aromatic carbocycles. The van der Waals surface area contributed by atoms with Gasteiger partial charge in [-0.1, -0.05) is 6.92 Å². The number of piperidine rings is 1. The van der Waals surface area contributed by atoms with E-state index in [1.54, 1.807) is 0 Å². The number of ether oxygens (including phenoxy) is 1. The van der Waals surface area contributed by atoms with Gasteiger partial charge in [0.05, 0.1) is 13.2 Å². The largest absolute Gasteiger partial charge is 0.378 e. The molecule has 1 aliphatic carbocycles. The summed E-state index contributed by atoms with van der Waals surface area (Å²) in [6.45, 7) is 7.60. The molecule has 1 saturated carbocycles. The van der Waals surface area contributed by atoms with Crippen molar-refractivity contribution in [3.8, 4) is 0 Å². The average Bonchev–Trinajstić information content (AvgIpc) is 3.46. The molecule has 2 N–H and O–H groups in total. The van der Waals surface area contributed by atoms with E-state index in [4.69, 9.17) is 26.9 Å². The Morgan fingerprint density at radius 1 is 1.12 bits per heavy atom. The Kier molecular flexibility index (Phi) is 5.40. The number of nitrogens with one attached hydrogen (secondary N) is 2. The summed E-state index contributed by atoms with van der Waals surface area (Å²) in [7, 11) is 0. The molecule has 2 aliphatic heterocycles. The van der Waals surface area contributed by atoms with E-state index in [2.05, 4.69) is 33.4 Å². The van der Waals surface area contributed by atoms with E-state index in [0.29, 0.717) is 23.0 Å². The molecule has 1 atom stereocenters. The molecule has 0 spiro atoms.